The summed E-state index contributed by atoms with van der Waals surface area (Å²) in [6.07, 6.45) is 1.55. The lowest BCUT2D eigenvalue weighted by Crippen LogP contribution is -2.44. The summed E-state index contributed by atoms with van der Waals surface area (Å²) in [5.74, 6) is -0.665. The molecule has 2 saturated heterocycles. The SMILES string of the molecule is CN(C(=O)C1CCN(c2cccc(Br)c2)C1=O)C1CCNC1.Cl. The first-order valence-electron chi connectivity index (χ1n) is 7.62. The van der Waals surface area contributed by atoms with Gasteiger partial charge < -0.3 is 15.1 Å². The van der Waals surface area contributed by atoms with E-state index in [2.05, 4.69) is 21.2 Å². The zero-order chi connectivity index (χ0) is 15.7. The van der Waals surface area contributed by atoms with E-state index in [9.17, 15) is 9.59 Å². The van der Waals surface area contributed by atoms with Gasteiger partial charge in [0.1, 0.15) is 5.92 Å². The molecule has 2 heterocycles. The predicted molar refractivity (Wildman–Crippen MR) is 95.9 cm³/mol. The third-order valence-electron chi connectivity index (χ3n) is 4.55. The third kappa shape index (κ3) is 3.70. The fraction of sp³-hybridized carbons (Fsp3) is 0.500. The molecule has 1 aromatic carbocycles. The zero-order valence-corrected chi connectivity index (χ0v) is 15.4. The van der Waals surface area contributed by atoms with Crippen molar-refractivity contribution < 1.29 is 9.59 Å². The van der Waals surface area contributed by atoms with E-state index < -0.39 is 5.92 Å². The summed E-state index contributed by atoms with van der Waals surface area (Å²) in [6.45, 7) is 2.35. The smallest absolute Gasteiger partial charge is 0.239 e. The first kappa shape index (κ1) is 18.2. The number of benzene rings is 1. The van der Waals surface area contributed by atoms with Crippen molar-refractivity contribution in [3.63, 3.8) is 0 Å². The molecule has 3 rings (SSSR count). The van der Waals surface area contributed by atoms with E-state index in [1.54, 1.807) is 9.80 Å². The largest absolute Gasteiger partial charge is 0.341 e. The highest BCUT2D eigenvalue weighted by atomic mass is 79.9. The molecule has 1 aromatic rings. The van der Waals surface area contributed by atoms with Crippen molar-refractivity contribution in [1.29, 1.82) is 0 Å². The van der Waals surface area contributed by atoms with Gasteiger partial charge in [0, 0.05) is 36.3 Å². The Morgan fingerprint density at radius 2 is 2.17 bits per heavy atom. The lowest BCUT2D eigenvalue weighted by atomic mass is 10.1. The Bertz CT molecular complexity index is 592. The molecular formula is C16H21BrClN3O2. The summed E-state index contributed by atoms with van der Waals surface area (Å²) in [6, 6.07) is 7.85. The van der Waals surface area contributed by atoms with Crippen LogP contribution < -0.4 is 10.2 Å². The van der Waals surface area contributed by atoms with E-state index in [-0.39, 0.29) is 30.3 Å². The molecule has 0 bridgehead atoms. The van der Waals surface area contributed by atoms with Gasteiger partial charge in [-0.2, -0.15) is 0 Å². The predicted octanol–water partition coefficient (Wildman–Crippen LogP) is 2.04. The number of likely N-dealkylation sites (N-methyl/N-ethyl adjacent to an activating group) is 1. The highest BCUT2D eigenvalue weighted by molar-refractivity contribution is 9.10. The number of amides is 2. The first-order chi connectivity index (χ1) is 10.6. The van der Waals surface area contributed by atoms with Gasteiger partial charge in [-0.1, -0.05) is 22.0 Å². The average Bonchev–Trinajstić information content (AvgIpc) is 3.15. The number of hydrogen-bond acceptors (Lipinski definition) is 3. The van der Waals surface area contributed by atoms with E-state index >= 15 is 0 Å². The zero-order valence-electron chi connectivity index (χ0n) is 13.0. The van der Waals surface area contributed by atoms with Crippen LogP contribution in [-0.4, -0.2) is 49.4 Å². The molecular weight excluding hydrogens is 382 g/mol. The molecule has 0 aromatic heterocycles. The highest BCUT2D eigenvalue weighted by Gasteiger charge is 2.40. The Hall–Kier alpha value is -1.11. The van der Waals surface area contributed by atoms with Gasteiger partial charge in [-0.25, -0.2) is 0 Å². The second kappa shape index (κ2) is 7.64. The van der Waals surface area contributed by atoms with Crippen molar-refractivity contribution in [2.24, 2.45) is 5.92 Å². The molecule has 2 aliphatic rings. The Kier molecular flexibility index (Phi) is 6.06. The maximum atomic E-state index is 12.6. The molecule has 23 heavy (non-hydrogen) atoms. The van der Waals surface area contributed by atoms with Crippen LogP contribution in [0, 0.1) is 5.92 Å². The maximum Gasteiger partial charge on any atom is 0.239 e. The van der Waals surface area contributed by atoms with Crippen molar-refractivity contribution in [1.82, 2.24) is 10.2 Å². The van der Waals surface area contributed by atoms with Crippen LogP contribution in [0.1, 0.15) is 12.8 Å². The molecule has 5 nitrogen and oxygen atoms in total. The normalized spacial score (nSPS) is 23.7. The van der Waals surface area contributed by atoms with Crippen LogP contribution in [0.3, 0.4) is 0 Å². The van der Waals surface area contributed by atoms with Crippen molar-refractivity contribution >= 4 is 45.8 Å². The molecule has 0 spiro atoms. The van der Waals surface area contributed by atoms with Gasteiger partial charge in [-0.05, 0) is 37.6 Å². The number of halogens is 2. The summed E-state index contributed by atoms with van der Waals surface area (Å²) in [7, 11) is 1.81. The molecule has 0 saturated carbocycles. The fourth-order valence-electron chi connectivity index (χ4n) is 3.21. The first-order valence-corrected chi connectivity index (χ1v) is 8.41. The quantitative estimate of drug-likeness (QED) is 0.787. The van der Waals surface area contributed by atoms with Gasteiger partial charge in [0.2, 0.25) is 11.8 Å². The fourth-order valence-corrected chi connectivity index (χ4v) is 3.59. The number of carbonyl (C=O) groups is 2. The molecule has 0 radical (unpaired) electrons. The van der Waals surface area contributed by atoms with Gasteiger partial charge in [0.05, 0.1) is 0 Å². The molecule has 0 aliphatic carbocycles. The number of rotatable bonds is 3. The van der Waals surface area contributed by atoms with E-state index in [0.29, 0.717) is 13.0 Å². The minimum atomic E-state index is -0.537. The maximum absolute atomic E-state index is 12.6. The van der Waals surface area contributed by atoms with Crippen molar-refractivity contribution in [2.45, 2.75) is 18.9 Å². The van der Waals surface area contributed by atoms with E-state index in [1.807, 2.05) is 31.3 Å². The summed E-state index contributed by atoms with van der Waals surface area (Å²) in [5, 5.41) is 3.26. The summed E-state index contributed by atoms with van der Waals surface area (Å²) in [4.78, 5) is 28.7. The van der Waals surface area contributed by atoms with Gasteiger partial charge >= 0.3 is 0 Å². The molecule has 1 N–H and O–H groups in total. The number of hydrogen-bond donors (Lipinski definition) is 1. The van der Waals surface area contributed by atoms with Crippen molar-refractivity contribution in [2.75, 3.05) is 31.6 Å². The number of nitrogens with one attached hydrogen (secondary N) is 1. The van der Waals surface area contributed by atoms with Gasteiger partial charge in [-0.3, -0.25) is 9.59 Å². The second-order valence-electron chi connectivity index (χ2n) is 5.91. The third-order valence-corrected chi connectivity index (χ3v) is 5.05. The Balaban J connectivity index is 0.00000192. The van der Waals surface area contributed by atoms with Crippen LogP contribution in [0.2, 0.25) is 0 Å². The van der Waals surface area contributed by atoms with E-state index in [1.165, 1.54) is 0 Å². The van der Waals surface area contributed by atoms with Crippen LogP contribution in [0.25, 0.3) is 0 Å². The lowest BCUT2D eigenvalue weighted by Gasteiger charge is -2.26. The highest BCUT2D eigenvalue weighted by Crippen LogP contribution is 2.28. The van der Waals surface area contributed by atoms with E-state index in [0.717, 1.165) is 29.7 Å². The van der Waals surface area contributed by atoms with E-state index in [4.69, 9.17) is 0 Å². The Morgan fingerprint density at radius 1 is 1.39 bits per heavy atom. The van der Waals surface area contributed by atoms with Crippen LogP contribution in [0.5, 0.6) is 0 Å². The molecule has 7 heteroatoms. The van der Waals surface area contributed by atoms with Gasteiger partial charge in [-0.15, -0.1) is 12.4 Å². The summed E-state index contributed by atoms with van der Waals surface area (Å²) < 4.78 is 0.932. The van der Waals surface area contributed by atoms with Crippen molar-refractivity contribution in [3.05, 3.63) is 28.7 Å². The van der Waals surface area contributed by atoms with Crippen molar-refractivity contribution in [3.8, 4) is 0 Å². The van der Waals surface area contributed by atoms with Crippen LogP contribution in [-0.2, 0) is 9.59 Å². The minimum Gasteiger partial charge on any atom is -0.341 e. The van der Waals surface area contributed by atoms with Crippen LogP contribution in [0.15, 0.2) is 28.7 Å². The number of carbonyl (C=O) groups excluding carboxylic acids is 2. The average molecular weight is 403 g/mol. The summed E-state index contributed by atoms with van der Waals surface area (Å²) in [5.41, 5.74) is 0.847. The molecule has 2 unspecified atom stereocenters. The Labute approximate surface area is 150 Å². The monoisotopic (exact) mass is 401 g/mol. The number of nitrogens with zero attached hydrogens (tertiary/aromatic N) is 2. The molecule has 126 valence electrons. The minimum absolute atomic E-state index is 0. The Morgan fingerprint density at radius 3 is 2.83 bits per heavy atom. The molecule has 2 amide bonds. The van der Waals surface area contributed by atoms with Gasteiger partial charge in [0.15, 0.2) is 0 Å². The molecule has 2 fully saturated rings. The standard InChI is InChI=1S/C16H20BrN3O2.ClH/c1-19(13-5-7-18-10-13)15(21)14-6-8-20(16(14)22)12-4-2-3-11(17)9-12;/h2-4,9,13-14,18H,5-8,10H2,1H3;1H. The molecule has 2 atom stereocenters. The second-order valence-corrected chi connectivity index (χ2v) is 6.82. The van der Waals surface area contributed by atoms with Gasteiger partial charge in [0.25, 0.3) is 0 Å². The summed E-state index contributed by atoms with van der Waals surface area (Å²) >= 11 is 3.42. The molecule has 2 aliphatic heterocycles. The van der Waals surface area contributed by atoms with Crippen LogP contribution >= 0.6 is 28.3 Å². The number of anilines is 1. The topological polar surface area (TPSA) is 52.7 Å². The van der Waals surface area contributed by atoms with Crippen LogP contribution in [0.4, 0.5) is 5.69 Å². The lowest BCUT2D eigenvalue weighted by molar-refractivity contribution is -0.140.